The van der Waals surface area contributed by atoms with Gasteiger partial charge in [0.1, 0.15) is 0 Å². The third-order valence-corrected chi connectivity index (χ3v) is 4.91. The van der Waals surface area contributed by atoms with E-state index < -0.39 is 0 Å². The third kappa shape index (κ3) is 17.9. The molecule has 0 atom stereocenters. The minimum atomic E-state index is 0.560. The Hall–Kier alpha value is -0.260. The van der Waals surface area contributed by atoms with Crippen molar-refractivity contribution in [3.8, 4) is 0 Å². The molecule has 0 aromatic carbocycles. The molecular weight excluding hydrogens is 276 g/mol. The maximum atomic E-state index is 3.91. The van der Waals surface area contributed by atoms with Crippen LogP contribution in [0.3, 0.4) is 0 Å². The summed E-state index contributed by atoms with van der Waals surface area (Å²) < 4.78 is 0. The molecule has 0 spiro atoms. The number of hydrogen-bond donors (Lipinski definition) is 0. The van der Waals surface area contributed by atoms with Crippen LogP contribution in [-0.2, 0) is 0 Å². The number of allylic oxidation sites excluding steroid dienone is 2. The lowest BCUT2D eigenvalue weighted by atomic mass is 9.82. The minimum absolute atomic E-state index is 0.560. The maximum Gasteiger partial charge on any atom is -0.0351 e. The van der Waals surface area contributed by atoms with Crippen molar-refractivity contribution < 1.29 is 0 Å². The number of unbranched alkanes of at least 4 members (excludes halogenated alkanes) is 11. The second kappa shape index (κ2) is 16.6. The van der Waals surface area contributed by atoms with Gasteiger partial charge in [0, 0.05) is 0 Å². The maximum absolute atomic E-state index is 3.91. The first-order valence-corrected chi connectivity index (χ1v) is 10.4. The standard InChI is InChI=1S/C23H44/c1-5-7-9-11-13-14-16-18-20-22-23(3,4)21-19-17-15-12-10-8-6-2/h7,9H,1-2,5-6,8,10-22H2,3-4H3/b9-7+. The summed E-state index contributed by atoms with van der Waals surface area (Å²) in [5, 5.41) is 0. The Morgan fingerprint density at radius 3 is 1.61 bits per heavy atom. The molecule has 0 heteroatoms. The van der Waals surface area contributed by atoms with Gasteiger partial charge in [-0.25, -0.2) is 0 Å². The quantitative estimate of drug-likeness (QED) is 0.186. The fraction of sp³-hybridized carbons (Fsp3) is 0.826. The topological polar surface area (TPSA) is 0 Å². The molecule has 0 aliphatic rings. The van der Waals surface area contributed by atoms with Gasteiger partial charge in [-0.3, -0.25) is 0 Å². The van der Waals surface area contributed by atoms with Crippen LogP contribution in [0.2, 0.25) is 0 Å². The van der Waals surface area contributed by atoms with Crippen LogP contribution in [-0.4, -0.2) is 0 Å². The lowest BCUT2D eigenvalue weighted by molar-refractivity contribution is 0.282. The number of hydrogen-bond acceptors (Lipinski definition) is 0. The van der Waals surface area contributed by atoms with E-state index in [9.17, 15) is 0 Å². The molecule has 0 aliphatic carbocycles. The van der Waals surface area contributed by atoms with Crippen molar-refractivity contribution in [3.63, 3.8) is 0 Å². The minimum Gasteiger partial charge on any atom is -0.0885 e. The summed E-state index contributed by atoms with van der Waals surface area (Å²) in [6.07, 6.45) is 26.0. The zero-order valence-corrected chi connectivity index (χ0v) is 16.4. The van der Waals surface area contributed by atoms with Crippen LogP contribution < -0.4 is 0 Å². The van der Waals surface area contributed by atoms with Crippen molar-refractivity contribution in [2.75, 3.05) is 0 Å². The van der Waals surface area contributed by atoms with Crippen LogP contribution in [0.4, 0.5) is 0 Å². The molecule has 136 valence electrons. The van der Waals surface area contributed by atoms with Crippen LogP contribution >= 0.6 is 0 Å². The van der Waals surface area contributed by atoms with Crippen LogP contribution in [0.1, 0.15) is 117 Å². The fourth-order valence-corrected chi connectivity index (χ4v) is 3.24. The molecule has 0 bridgehead atoms. The van der Waals surface area contributed by atoms with Crippen LogP contribution in [0.25, 0.3) is 0 Å². The Kier molecular flexibility index (Phi) is 16.4. The van der Waals surface area contributed by atoms with Crippen molar-refractivity contribution in [3.05, 3.63) is 26.0 Å². The van der Waals surface area contributed by atoms with E-state index in [0.717, 1.165) is 12.8 Å². The van der Waals surface area contributed by atoms with Crippen molar-refractivity contribution >= 4 is 0 Å². The predicted octanol–water partition coefficient (Wildman–Crippen LogP) is 8.48. The van der Waals surface area contributed by atoms with E-state index in [1.807, 2.05) is 0 Å². The molecule has 0 aliphatic heterocycles. The Morgan fingerprint density at radius 1 is 0.609 bits per heavy atom. The molecule has 0 nitrogen and oxygen atoms in total. The van der Waals surface area contributed by atoms with Gasteiger partial charge in [0.15, 0.2) is 0 Å². The van der Waals surface area contributed by atoms with E-state index in [-0.39, 0.29) is 0 Å². The summed E-state index contributed by atoms with van der Waals surface area (Å²) in [5.41, 5.74) is 0.560. The Morgan fingerprint density at radius 2 is 1.09 bits per heavy atom. The summed E-state index contributed by atoms with van der Waals surface area (Å²) in [5.74, 6) is 0. The average Bonchev–Trinajstić information content (AvgIpc) is 2.52. The van der Waals surface area contributed by atoms with Crippen LogP contribution in [0.5, 0.6) is 0 Å². The smallest absolute Gasteiger partial charge is 0.0351 e. The molecule has 0 amide bonds. The molecule has 0 fully saturated rings. The van der Waals surface area contributed by atoms with Gasteiger partial charge in [0.2, 0.25) is 0 Å². The molecule has 0 heterocycles. The summed E-state index contributed by atoms with van der Waals surface area (Å²) in [6.45, 7) is 12.7. The Bertz CT molecular complexity index is 249. The third-order valence-electron chi connectivity index (χ3n) is 4.91. The van der Waals surface area contributed by atoms with Gasteiger partial charge < -0.3 is 0 Å². The van der Waals surface area contributed by atoms with Crippen molar-refractivity contribution in [2.24, 2.45) is 5.41 Å². The highest BCUT2D eigenvalue weighted by atomic mass is 14.2. The molecule has 0 aromatic heterocycles. The van der Waals surface area contributed by atoms with Crippen LogP contribution in [0, 0.1) is 19.3 Å². The largest absolute Gasteiger partial charge is 0.0885 e. The van der Waals surface area contributed by atoms with Gasteiger partial charge in [-0.15, -0.1) is 0 Å². The lowest BCUT2D eigenvalue weighted by Crippen LogP contribution is -2.11. The summed E-state index contributed by atoms with van der Waals surface area (Å²) in [7, 11) is 0. The lowest BCUT2D eigenvalue weighted by Gasteiger charge is -2.24. The molecule has 0 N–H and O–H groups in total. The van der Waals surface area contributed by atoms with E-state index in [2.05, 4.69) is 39.8 Å². The second-order valence-electron chi connectivity index (χ2n) is 7.96. The van der Waals surface area contributed by atoms with Gasteiger partial charge in [0.25, 0.3) is 0 Å². The molecule has 23 heavy (non-hydrogen) atoms. The van der Waals surface area contributed by atoms with E-state index in [1.165, 1.54) is 89.9 Å². The summed E-state index contributed by atoms with van der Waals surface area (Å²) >= 11 is 0. The second-order valence-corrected chi connectivity index (χ2v) is 7.96. The van der Waals surface area contributed by atoms with Crippen molar-refractivity contribution in [2.45, 2.75) is 117 Å². The summed E-state index contributed by atoms with van der Waals surface area (Å²) in [4.78, 5) is 0. The molecular formula is C23H44. The highest BCUT2D eigenvalue weighted by Crippen LogP contribution is 2.30. The molecule has 0 rings (SSSR count). The van der Waals surface area contributed by atoms with Gasteiger partial charge in [-0.05, 0) is 44.4 Å². The Balaban J connectivity index is 3.37. The average molecular weight is 321 g/mol. The molecule has 0 saturated carbocycles. The first-order chi connectivity index (χ1) is 11.1. The predicted molar refractivity (Wildman–Crippen MR) is 108 cm³/mol. The van der Waals surface area contributed by atoms with Gasteiger partial charge in [-0.1, -0.05) is 104 Å². The number of rotatable bonds is 17. The van der Waals surface area contributed by atoms with Gasteiger partial charge in [0.05, 0.1) is 0 Å². The van der Waals surface area contributed by atoms with Crippen molar-refractivity contribution in [1.82, 2.24) is 0 Å². The zero-order valence-electron chi connectivity index (χ0n) is 16.4. The van der Waals surface area contributed by atoms with Crippen LogP contribution in [0.15, 0.2) is 12.2 Å². The molecule has 0 saturated heterocycles. The molecule has 2 radical (unpaired) electrons. The van der Waals surface area contributed by atoms with E-state index in [0.29, 0.717) is 5.41 Å². The van der Waals surface area contributed by atoms with Gasteiger partial charge in [-0.2, -0.15) is 0 Å². The first kappa shape index (κ1) is 22.7. The van der Waals surface area contributed by atoms with Gasteiger partial charge >= 0.3 is 0 Å². The van der Waals surface area contributed by atoms with E-state index in [1.54, 1.807) is 0 Å². The SMILES string of the molecule is [CH2]C/C=C/CCCCCCCC(C)(C)CCCCCCCC[CH2]. The first-order valence-electron chi connectivity index (χ1n) is 10.4. The highest BCUT2D eigenvalue weighted by Gasteiger charge is 2.16. The van der Waals surface area contributed by atoms with Crippen molar-refractivity contribution in [1.29, 1.82) is 0 Å². The fourth-order valence-electron chi connectivity index (χ4n) is 3.24. The zero-order chi connectivity index (χ0) is 17.2. The van der Waals surface area contributed by atoms with E-state index >= 15 is 0 Å². The Labute approximate surface area is 148 Å². The van der Waals surface area contributed by atoms with E-state index in [4.69, 9.17) is 0 Å². The molecule has 0 unspecified atom stereocenters. The highest BCUT2D eigenvalue weighted by molar-refractivity contribution is 4.81. The monoisotopic (exact) mass is 320 g/mol. The normalized spacial score (nSPS) is 12.3. The molecule has 0 aromatic rings. The summed E-state index contributed by atoms with van der Waals surface area (Å²) in [6, 6.07) is 0.